The van der Waals surface area contributed by atoms with Gasteiger partial charge in [0.05, 0.1) is 7.11 Å². The molecule has 2 aromatic carbocycles. The Hall–Kier alpha value is -2.29. The van der Waals surface area contributed by atoms with Crippen molar-refractivity contribution in [2.24, 2.45) is 0 Å². The molecule has 0 fully saturated rings. The molecule has 98 valence electrons. The van der Waals surface area contributed by atoms with Crippen molar-refractivity contribution >= 4 is 5.97 Å². The molecule has 0 bridgehead atoms. The number of carbonyl (C=O) groups is 1. The summed E-state index contributed by atoms with van der Waals surface area (Å²) in [4.78, 5) is 11.1. The second-order valence-corrected chi connectivity index (χ2v) is 4.29. The summed E-state index contributed by atoms with van der Waals surface area (Å²) in [6.07, 6.45) is 1.62. The number of carboxylic acid groups (broad SMARTS) is 1. The summed E-state index contributed by atoms with van der Waals surface area (Å²) in [5, 5.41) is 9.13. The summed E-state index contributed by atoms with van der Waals surface area (Å²) in [5.74, 6) is -0.496. The Morgan fingerprint density at radius 1 is 1.05 bits per heavy atom. The molecular weight excluding hydrogens is 240 g/mol. The SMILES string of the molecule is COc1c(CCc2ccccc2)cccc1C(=O)O. The maximum absolute atomic E-state index is 11.1. The summed E-state index contributed by atoms with van der Waals surface area (Å²) in [6, 6.07) is 15.3. The summed E-state index contributed by atoms with van der Waals surface area (Å²) in [6.45, 7) is 0. The van der Waals surface area contributed by atoms with Gasteiger partial charge in [-0.15, -0.1) is 0 Å². The van der Waals surface area contributed by atoms with Gasteiger partial charge in [-0.2, -0.15) is 0 Å². The zero-order chi connectivity index (χ0) is 13.7. The van der Waals surface area contributed by atoms with Crippen molar-refractivity contribution in [1.82, 2.24) is 0 Å². The number of hydrogen-bond donors (Lipinski definition) is 1. The van der Waals surface area contributed by atoms with E-state index < -0.39 is 5.97 Å². The lowest BCUT2D eigenvalue weighted by Crippen LogP contribution is -2.04. The molecule has 0 radical (unpaired) electrons. The van der Waals surface area contributed by atoms with Crippen molar-refractivity contribution in [3.05, 3.63) is 65.2 Å². The third-order valence-corrected chi connectivity index (χ3v) is 3.06. The molecule has 0 unspecified atom stereocenters. The van der Waals surface area contributed by atoms with E-state index in [2.05, 4.69) is 12.1 Å². The molecule has 1 N–H and O–H groups in total. The minimum atomic E-state index is -0.960. The van der Waals surface area contributed by atoms with E-state index in [9.17, 15) is 4.79 Å². The lowest BCUT2D eigenvalue weighted by molar-refractivity contribution is 0.0693. The predicted octanol–water partition coefficient (Wildman–Crippen LogP) is 3.18. The molecule has 0 aromatic heterocycles. The van der Waals surface area contributed by atoms with Gasteiger partial charge in [-0.05, 0) is 30.0 Å². The normalized spacial score (nSPS) is 10.2. The molecule has 0 saturated heterocycles. The zero-order valence-corrected chi connectivity index (χ0v) is 10.8. The number of carboxylic acids is 1. The highest BCUT2D eigenvalue weighted by Gasteiger charge is 2.14. The lowest BCUT2D eigenvalue weighted by atomic mass is 10.0. The van der Waals surface area contributed by atoms with Crippen LogP contribution in [0.5, 0.6) is 5.75 Å². The highest BCUT2D eigenvalue weighted by Crippen LogP contribution is 2.25. The van der Waals surface area contributed by atoms with Crippen LogP contribution in [0.15, 0.2) is 48.5 Å². The topological polar surface area (TPSA) is 46.5 Å². The van der Waals surface area contributed by atoms with E-state index >= 15 is 0 Å². The minimum Gasteiger partial charge on any atom is -0.496 e. The van der Waals surface area contributed by atoms with Crippen LogP contribution in [0.25, 0.3) is 0 Å². The second kappa shape index (κ2) is 6.05. The van der Waals surface area contributed by atoms with Crippen LogP contribution in [0.2, 0.25) is 0 Å². The maximum atomic E-state index is 11.1. The fourth-order valence-corrected chi connectivity index (χ4v) is 2.11. The smallest absolute Gasteiger partial charge is 0.339 e. The Balaban J connectivity index is 2.21. The molecule has 19 heavy (non-hydrogen) atoms. The Morgan fingerprint density at radius 3 is 2.42 bits per heavy atom. The van der Waals surface area contributed by atoms with Gasteiger partial charge in [-0.1, -0.05) is 42.5 Å². The van der Waals surface area contributed by atoms with Gasteiger partial charge in [0.25, 0.3) is 0 Å². The number of ether oxygens (including phenoxy) is 1. The Kier molecular flexibility index (Phi) is 4.18. The zero-order valence-electron chi connectivity index (χ0n) is 10.8. The predicted molar refractivity (Wildman–Crippen MR) is 73.8 cm³/mol. The number of aryl methyl sites for hydroxylation is 2. The summed E-state index contributed by atoms with van der Waals surface area (Å²) in [5.41, 5.74) is 2.37. The van der Waals surface area contributed by atoms with Gasteiger partial charge in [0.1, 0.15) is 11.3 Å². The van der Waals surface area contributed by atoms with Crippen LogP contribution in [-0.4, -0.2) is 18.2 Å². The maximum Gasteiger partial charge on any atom is 0.339 e. The van der Waals surface area contributed by atoms with Crippen LogP contribution in [0.3, 0.4) is 0 Å². The summed E-state index contributed by atoms with van der Waals surface area (Å²) < 4.78 is 5.25. The second-order valence-electron chi connectivity index (χ2n) is 4.29. The number of benzene rings is 2. The van der Waals surface area contributed by atoms with Crippen molar-refractivity contribution in [2.45, 2.75) is 12.8 Å². The van der Waals surface area contributed by atoms with Crippen molar-refractivity contribution in [1.29, 1.82) is 0 Å². The number of rotatable bonds is 5. The molecule has 0 heterocycles. The number of methoxy groups -OCH3 is 1. The fourth-order valence-electron chi connectivity index (χ4n) is 2.11. The molecule has 0 aliphatic carbocycles. The van der Waals surface area contributed by atoms with E-state index in [1.165, 1.54) is 12.7 Å². The van der Waals surface area contributed by atoms with Crippen LogP contribution < -0.4 is 4.74 Å². The highest BCUT2D eigenvalue weighted by atomic mass is 16.5. The largest absolute Gasteiger partial charge is 0.496 e. The first-order valence-electron chi connectivity index (χ1n) is 6.15. The van der Waals surface area contributed by atoms with Gasteiger partial charge in [0.15, 0.2) is 0 Å². The average molecular weight is 256 g/mol. The lowest BCUT2D eigenvalue weighted by Gasteiger charge is -2.11. The first-order chi connectivity index (χ1) is 9.22. The van der Waals surface area contributed by atoms with Crippen LogP contribution in [0.1, 0.15) is 21.5 Å². The molecule has 0 aliphatic heterocycles. The fraction of sp³-hybridized carbons (Fsp3) is 0.188. The van der Waals surface area contributed by atoms with Crippen molar-refractivity contribution in [2.75, 3.05) is 7.11 Å². The van der Waals surface area contributed by atoms with Crippen LogP contribution in [-0.2, 0) is 12.8 Å². The molecule has 0 atom stereocenters. The molecule has 0 amide bonds. The summed E-state index contributed by atoms with van der Waals surface area (Å²) in [7, 11) is 1.51. The van der Waals surface area contributed by atoms with Gasteiger partial charge < -0.3 is 9.84 Å². The van der Waals surface area contributed by atoms with E-state index in [4.69, 9.17) is 9.84 Å². The molecule has 2 aromatic rings. The van der Waals surface area contributed by atoms with Crippen molar-refractivity contribution < 1.29 is 14.6 Å². The Morgan fingerprint density at radius 2 is 1.79 bits per heavy atom. The average Bonchev–Trinajstić information content (AvgIpc) is 2.45. The Bertz CT molecular complexity index is 561. The van der Waals surface area contributed by atoms with Crippen LogP contribution >= 0.6 is 0 Å². The third-order valence-electron chi connectivity index (χ3n) is 3.06. The summed E-state index contributed by atoms with van der Waals surface area (Å²) >= 11 is 0. The molecule has 0 aliphatic rings. The number of para-hydroxylation sites is 1. The van der Waals surface area contributed by atoms with E-state index in [0.29, 0.717) is 5.75 Å². The van der Waals surface area contributed by atoms with E-state index in [-0.39, 0.29) is 5.56 Å². The van der Waals surface area contributed by atoms with Crippen LogP contribution in [0, 0.1) is 0 Å². The third kappa shape index (κ3) is 3.13. The van der Waals surface area contributed by atoms with E-state index in [1.54, 1.807) is 12.1 Å². The monoisotopic (exact) mass is 256 g/mol. The van der Waals surface area contributed by atoms with Gasteiger partial charge in [0, 0.05) is 0 Å². The van der Waals surface area contributed by atoms with E-state index in [1.807, 2.05) is 24.3 Å². The van der Waals surface area contributed by atoms with Crippen molar-refractivity contribution in [3.63, 3.8) is 0 Å². The van der Waals surface area contributed by atoms with Gasteiger partial charge in [-0.3, -0.25) is 0 Å². The number of hydrogen-bond acceptors (Lipinski definition) is 2. The van der Waals surface area contributed by atoms with Gasteiger partial charge in [-0.25, -0.2) is 4.79 Å². The molecule has 2 rings (SSSR count). The first-order valence-corrected chi connectivity index (χ1v) is 6.15. The molecular formula is C16H16O3. The quantitative estimate of drug-likeness (QED) is 0.893. The first kappa shape index (κ1) is 13.1. The molecule has 3 nitrogen and oxygen atoms in total. The van der Waals surface area contributed by atoms with E-state index in [0.717, 1.165) is 18.4 Å². The minimum absolute atomic E-state index is 0.216. The number of aromatic carboxylic acids is 1. The van der Waals surface area contributed by atoms with Crippen molar-refractivity contribution in [3.8, 4) is 5.75 Å². The van der Waals surface area contributed by atoms with Gasteiger partial charge in [0.2, 0.25) is 0 Å². The Labute approximate surface area is 112 Å². The highest BCUT2D eigenvalue weighted by molar-refractivity contribution is 5.91. The molecule has 0 spiro atoms. The molecule has 0 saturated carbocycles. The van der Waals surface area contributed by atoms with Gasteiger partial charge >= 0.3 is 5.97 Å². The molecule has 3 heteroatoms. The van der Waals surface area contributed by atoms with Crippen LogP contribution in [0.4, 0.5) is 0 Å². The standard InChI is InChI=1S/C16H16O3/c1-19-15-13(8-5-9-14(15)16(17)18)11-10-12-6-3-2-4-7-12/h2-9H,10-11H2,1H3,(H,17,18).